The predicted octanol–water partition coefficient (Wildman–Crippen LogP) is 2.86. The Balaban J connectivity index is 2.38. The van der Waals surface area contributed by atoms with E-state index in [9.17, 15) is 5.11 Å². The van der Waals surface area contributed by atoms with Crippen molar-refractivity contribution in [1.29, 1.82) is 0 Å². The topological polar surface area (TPSA) is 32.7 Å². The molecule has 0 aromatic heterocycles. The summed E-state index contributed by atoms with van der Waals surface area (Å²) in [5, 5.41) is 10.1. The summed E-state index contributed by atoms with van der Waals surface area (Å²) in [6, 6.07) is 7.90. The first-order chi connectivity index (χ1) is 9.17. The fourth-order valence-corrected chi connectivity index (χ4v) is 2.18. The second kappa shape index (κ2) is 8.94. The van der Waals surface area contributed by atoms with Gasteiger partial charge in [-0.15, -0.1) is 0 Å². The first-order valence-corrected chi connectivity index (χ1v) is 7.26. The maximum atomic E-state index is 10.1. The SMILES string of the molecule is CCCN(CCC)CC(O)COc1ccccc1C. The molecule has 1 rings (SSSR count). The molecule has 0 heterocycles. The van der Waals surface area contributed by atoms with Crippen LogP contribution < -0.4 is 4.74 Å². The molecule has 0 bridgehead atoms. The Labute approximate surface area is 117 Å². The van der Waals surface area contributed by atoms with Crippen molar-refractivity contribution in [1.82, 2.24) is 4.90 Å². The molecule has 1 atom stereocenters. The van der Waals surface area contributed by atoms with Crippen molar-refractivity contribution in [3.05, 3.63) is 29.8 Å². The molecule has 1 unspecified atom stereocenters. The zero-order valence-electron chi connectivity index (χ0n) is 12.4. The molecule has 108 valence electrons. The second-order valence-electron chi connectivity index (χ2n) is 5.03. The van der Waals surface area contributed by atoms with E-state index in [-0.39, 0.29) is 0 Å². The fraction of sp³-hybridized carbons (Fsp3) is 0.625. The van der Waals surface area contributed by atoms with E-state index in [2.05, 4.69) is 18.7 Å². The Morgan fingerprint density at radius 2 is 1.79 bits per heavy atom. The Bertz CT molecular complexity index is 348. The third-order valence-electron chi connectivity index (χ3n) is 3.07. The summed E-state index contributed by atoms with van der Waals surface area (Å²) in [6.45, 7) is 9.47. The maximum absolute atomic E-state index is 10.1. The summed E-state index contributed by atoms with van der Waals surface area (Å²) in [5.41, 5.74) is 1.11. The van der Waals surface area contributed by atoms with Gasteiger partial charge >= 0.3 is 0 Å². The van der Waals surface area contributed by atoms with E-state index in [0.29, 0.717) is 13.2 Å². The van der Waals surface area contributed by atoms with Crippen molar-refractivity contribution >= 4 is 0 Å². The average molecular weight is 265 g/mol. The smallest absolute Gasteiger partial charge is 0.122 e. The normalized spacial score (nSPS) is 12.7. The van der Waals surface area contributed by atoms with Crippen molar-refractivity contribution in [3.63, 3.8) is 0 Å². The fourth-order valence-electron chi connectivity index (χ4n) is 2.18. The highest BCUT2D eigenvalue weighted by Crippen LogP contribution is 2.16. The molecule has 3 heteroatoms. The van der Waals surface area contributed by atoms with Crippen molar-refractivity contribution in [2.24, 2.45) is 0 Å². The van der Waals surface area contributed by atoms with Crippen LogP contribution in [0.1, 0.15) is 32.3 Å². The number of hydrogen-bond donors (Lipinski definition) is 1. The average Bonchev–Trinajstić information content (AvgIpc) is 2.38. The molecule has 0 spiro atoms. The molecular weight excluding hydrogens is 238 g/mol. The van der Waals surface area contributed by atoms with Crippen LogP contribution in [0.2, 0.25) is 0 Å². The van der Waals surface area contributed by atoms with Crippen LogP contribution in [0.15, 0.2) is 24.3 Å². The first-order valence-electron chi connectivity index (χ1n) is 7.26. The summed E-state index contributed by atoms with van der Waals surface area (Å²) in [4.78, 5) is 2.30. The van der Waals surface area contributed by atoms with Crippen LogP contribution in [-0.4, -0.2) is 42.4 Å². The van der Waals surface area contributed by atoms with Crippen LogP contribution in [0.25, 0.3) is 0 Å². The van der Waals surface area contributed by atoms with Gasteiger partial charge in [0.15, 0.2) is 0 Å². The standard InChI is InChI=1S/C16H27NO2/c1-4-10-17(11-5-2)12-15(18)13-19-16-9-7-6-8-14(16)3/h6-9,15,18H,4-5,10-13H2,1-3H3. The maximum Gasteiger partial charge on any atom is 0.122 e. The van der Waals surface area contributed by atoms with Gasteiger partial charge in [-0.05, 0) is 44.5 Å². The van der Waals surface area contributed by atoms with E-state index in [1.165, 1.54) is 0 Å². The highest BCUT2D eigenvalue weighted by molar-refractivity contribution is 5.31. The Morgan fingerprint density at radius 1 is 1.16 bits per heavy atom. The summed E-state index contributed by atoms with van der Waals surface area (Å²) in [5.74, 6) is 0.860. The van der Waals surface area contributed by atoms with E-state index in [1.54, 1.807) is 0 Å². The van der Waals surface area contributed by atoms with E-state index in [4.69, 9.17) is 4.74 Å². The lowest BCUT2D eigenvalue weighted by atomic mass is 10.2. The molecule has 1 aromatic carbocycles. The Kier molecular flexibility index (Phi) is 7.53. The second-order valence-corrected chi connectivity index (χ2v) is 5.03. The lowest BCUT2D eigenvalue weighted by Crippen LogP contribution is -2.36. The number of aliphatic hydroxyl groups is 1. The number of para-hydroxylation sites is 1. The highest BCUT2D eigenvalue weighted by atomic mass is 16.5. The van der Waals surface area contributed by atoms with Gasteiger partial charge in [0.2, 0.25) is 0 Å². The highest BCUT2D eigenvalue weighted by Gasteiger charge is 2.11. The molecule has 1 N–H and O–H groups in total. The molecule has 0 fully saturated rings. The van der Waals surface area contributed by atoms with Gasteiger partial charge in [-0.25, -0.2) is 0 Å². The van der Waals surface area contributed by atoms with Gasteiger partial charge in [0.1, 0.15) is 18.5 Å². The minimum atomic E-state index is -0.433. The number of benzene rings is 1. The number of aliphatic hydroxyl groups excluding tert-OH is 1. The molecule has 0 aliphatic carbocycles. The van der Waals surface area contributed by atoms with E-state index in [0.717, 1.165) is 37.2 Å². The molecule has 19 heavy (non-hydrogen) atoms. The number of ether oxygens (including phenoxy) is 1. The van der Waals surface area contributed by atoms with Crippen molar-refractivity contribution in [2.75, 3.05) is 26.2 Å². The van der Waals surface area contributed by atoms with E-state index >= 15 is 0 Å². The van der Waals surface area contributed by atoms with Crippen LogP contribution in [0, 0.1) is 6.92 Å². The largest absolute Gasteiger partial charge is 0.491 e. The van der Waals surface area contributed by atoms with Crippen LogP contribution in [0.4, 0.5) is 0 Å². The van der Waals surface area contributed by atoms with Crippen molar-refractivity contribution in [2.45, 2.75) is 39.7 Å². The number of hydrogen-bond acceptors (Lipinski definition) is 3. The van der Waals surface area contributed by atoms with Gasteiger partial charge in [0, 0.05) is 6.54 Å². The van der Waals surface area contributed by atoms with Crippen LogP contribution >= 0.6 is 0 Å². The molecular formula is C16H27NO2. The molecule has 3 nitrogen and oxygen atoms in total. The van der Waals surface area contributed by atoms with Crippen molar-refractivity contribution < 1.29 is 9.84 Å². The lowest BCUT2D eigenvalue weighted by molar-refractivity contribution is 0.0679. The predicted molar refractivity (Wildman–Crippen MR) is 79.7 cm³/mol. The third-order valence-corrected chi connectivity index (χ3v) is 3.07. The van der Waals surface area contributed by atoms with Crippen LogP contribution in [0.3, 0.4) is 0 Å². The third kappa shape index (κ3) is 6.08. The van der Waals surface area contributed by atoms with Gasteiger partial charge in [-0.3, -0.25) is 0 Å². The first kappa shape index (κ1) is 16.0. The molecule has 0 saturated heterocycles. The molecule has 0 amide bonds. The number of nitrogens with zero attached hydrogens (tertiary/aromatic N) is 1. The molecule has 0 saturated carbocycles. The monoisotopic (exact) mass is 265 g/mol. The lowest BCUT2D eigenvalue weighted by Gasteiger charge is -2.24. The van der Waals surface area contributed by atoms with Gasteiger partial charge in [0.05, 0.1) is 0 Å². The van der Waals surface area contributed by atoms with E-state index < -0.39 is 6.10 Å². The summed E-state index contributed by atoms with van der Waals surface area (Å²) in [6.07, 6.45) is 1.80. The summed E-state index contributed by atoms with van der Waals surface area (Å²) in [7, 11) is 0. The number of aryl methyl sites for hydroxylation is 1. The van der Waals surface area contributed by atoms with Gasteiger partial charge in [0.25, 0.3) is 0 Å². The van der Waals surface area contributed by atoms with Crippen molar-refractivity contribution in [3.8, 4) is 5.75 Å². The quantitative estimate of drug-likeness (QED) is 0.745. The molecule has 0 radical (unpaired) electrons. The molecule has 1 aromatic rings. The minimum Gasteiger partial charge on any atom is -0.491 e. The van der Waals surface area contributed by atoms with Crippen LogP contribution in [-0.2, 0) is 0 Å². The zero-order chi connectivity index (χ0) is 14.1. The van der Waals surface area contributed by atoms with Gasteiger partial charge < -0.3 is 14.7 Å². The Hall–Kier alpha value is -1.06. The van der Waals surface area contributed by atoms with Gasteiger partial charge in [-0.1, -0.05) is 32.0 Å². The van der Waals surface area contributed by atoms with Gasteiger partial charge in [-0.2, -0.15) is 0 Å². The minimum absolute atomic E-state index is 0.356. The Morgan fingerprint density at radius 3 is 2.37 bits per heavy atom. The van der Waals surface area contributed by atoms with E-state index in [1.807, 2.05) is 31.2 Å². The zero-order valence-corrected chi connectivity index (χ0v) is 12.4. The van der Waals surface area contributed by atoms with Crippen LogP contribution in [0.5, 0.6) is 5.75 Å². The molecule has 0 aliphatic rings. The summed E-state index contributed by atoms with van der Waals surface area (Å²) >= 11 is 0. The number of rotatable bonds is 9. The summed E-state index contributed by atoms with van der Waals surface area (Å²) < 4.78 is 5.68. The molecule has 0 aliphatic heterocycles.